The highest BCUT2D eigenvalue weighted by molar-refractivity contribution is 6.03. The lowest BCUT2D eigenvalue weighted by Crippen LogP contribution is -1.93. The Morgan fingerprint density at radius 1 is 1.00 bits per heavy atom. The lowest BCUT2D eigenvalue weighted by molar-refractivity contribution is 0.608. The molecule has 0 saturated heterocycles. The number of hydrogen-bond donors (Lipinski definition) is 2. The Morgan fingerprint density at radius 3 is 2.50 bits per heavy atom. The van der Waals surface area contributed by atoms with Crippen molar-refractivity contribution in [3.63, 3.8) is 0 Å². The van der Waals surface area contributed by atoms with Crippen LogP contribution in [-0.2, 0) is 0 Å². The van der Waals surface area contributed by atoms with E-state index in [1.807, 2.05) is 45.2 Å². The monoisotopic (exact) mass is 293 g/mol. The molecule has 0 spiro atoms. The number of aryl methyl sites for hydroxylation is 2. The Labute approximate surface area is 126 Å². The van der Waals surface area contributed by atoms with Crippen LogP contribution in [0.2, 0.25) is 0 Å². The number of fused-ring (bicyclic) bond motifs is 3. The second-order valence-electron chi connectivity index (χ2n) is 5.30. The molecule has 4 aromatic rings. The van der Waals surface area contributed by atoms with E-state index in [4.69, 9.17) is 4.42 Å². The fourth-order valence-corrected chi connectivity index (χ4v) is 2.53. The number of H-pyrrole nitrogens is 1. The zero-order chi connectivity index (χ0) is 15.3. The maximum atomic E-state index is 5.84. The van der Waals surface area contributed by atoms with Crippen molar-refractivity contribution in [3.8, 4) is 11.5 Å². The van der Waals surface area contributed by atoms with Gasteiger partial charge in [-0.1, -0.05) is 17.7 Å². The zero-order valence-corrected chi connectivity index (χ0v) is 12.6. The molecule has 3 aromatic heterocycles. The first-order valence-electron chi connectivity index (χ1n) is 7.07. The maximum Gasteiger partial charge on any atom is 0.251 e. The van der Waals surface area contributed by atoms with Gasteiger partial charge in [0, 0.05) is 12.6 Å². The first-order valence-corrected chi connectivity index (χ1v) is 7.07. The van der Waals surface area contributed by atoms with Crippen molar-refractivity contribution in [3.05, 3.63) is 35.7 Å². The summed E-state index contributed by atoms with van der Waals surface area (Å²) in [5.74, 6) is 2.06. The molecule has 0 fully saturated rings. The van der Waals surface area contributed by atoms with E-state index in [-0.39, 0.29) is 0 Å². The van der Waals surface area contributed by atoms with Gasteiger partial charge in [-0.3, -0.25) is 0 Å². The number of benzene rings is 1. The smallest absolute Gasteiger partial charge is 0.251 e. The topological polar surface area (TPSA) is 79.6 Å². The summed E-state index contributed by atoms with van der Waals surface area (Å²) in [6.07, 6.45) is 0. The summed E-state index contributed by atoms with van der Waals surface area (Å²) in [5, 5.41) is 3.05. The van der Waals surface area contributed by atoms with Gasteiger partial charge in [-0.2, -0.15) is 4.98 Å². The van der Waals surface area contributed by atoms with Crippen molar-refractivity contribution in [2.24, 2.45) is 0 Å². The van der Waals surface area contributed by atoms with Crippen LogP contribution in [0.4, 0.5) is 5.82 Å². The largest absolute Gasteiger partial charge is 0.418 e. The second kappa shape index (κ2) is 4.56. The van der Waals surface area contributed by atoms with Crippen LogP contribution in [0.15, 0.2) is 28.7 Å². The van der Waals surface area contributed by atoms with Gasteiger partial charge in [-0.05, 0) is 26.0 Å². The summed E-state index contributed by atoms with van der Waals surface area (Å²) >= 11 is 0. The van der Waals surface area contributed by atoms with Crippen molar-refractivity contribution in [2.75, 3.05) is 12.4 Å². The fourth-order valence-electron chi connectivity index (χ4n) is 2.53. The SMILES string of the molecule is CNc1nc2oc(-c3ccc(C)cc3)nc2c2[nH]c(C)nc12. The Hall–Kier alpha value is -2.89. The molecule has 4 rings (SSSR count). The summed E-state index contributed by atoms with van der Waals surface area (Å²) in [6.45, 7) is 3.96. The molecular weight excluding hydrogens is 278 g/mol. The van der Waals surface area contributed by atoms with Gasteiger partial charge in [0.25, 0.3) is 5.71 Å². The molecule has 0 saturated carbocycles. The normalized spacial score (nSPS) is 11.4. The van der Waals surface area contributed by atoms with Gasteiger partial charge in [0.2, 0.25) is 5.89 Å². The van der Waals surface area contributed by atoms with Gasteiger partial charge in [0.1, 0.15) is 16.9 Å². The first kappa shape index (κ1) is 12.8. The number of hydrogen-bond acceptors (Lipinski definition) is 5. The molecule has 6 heteroatoms. The van der Waals surface area contributed by atoms with Crippen LogP contribution in [-0.4, -0.2) is 27.0 Å². The molecule has 3 heterocycles. The number of anilines is 1. The molecule has 1 aromatic carbocycles. The molecular formula is C16H15N5O. The molecule has 0 aliphatic heterocycles. The molecule has 110 valence electrons. The van der Waals surface area contributed by atoms with Crippen molar-refractivity contribution in [1.82, 2.24) is 19.9 Å². The minimum Gasteiger partial charge on any atom is -0.418 e. The Morgan fingerprint density at radius 2 is 1.77 bits per heavy atom. The fraction of sp³-hybridized carbons (Fsp3) is 0.188. The van der Waals surface area contributed by atoms with E-state index in [2.05, 4.69) is 25.3 Å². The number of aromatic nitrogens is 4. The van der Waals surface area contributed by atoms with Gasteiger partial charge >= 0.3 is 0 Å². The Balaban J connectivity index is 2.00. The third kappa shape index (κ3) is 1.84. The molecule has 0 radical (unpaired) electrons. The molecule has 0 unspecified atom stereocenters. The molecule has 0 aliphatic rings. The number of rotatable bonds is 2. The zero-order valence-electron chi connectivity index (χ0n) is 12.6. The highest BCUT2D eigenvalue weighted by Gasteiger charge is 2.17. The summed E-state index contributed by atoms with van der Waals surface area (Å²) in [5.41, 5.74) is 4.94. The van der Waals surface area contributed by atoms with E-state index in [0.29, 0.717) is 22.9 Å². The average Bonchev–Trinajstić information content (AvgIpc) is 3.09. The van der Waals surface area contributed by atoms with E-state index in [9.17, 15) is 0 Å². The van der Waals surface area contributed by atoms with Gasteiger partial charge < -0.3 is 14.7 Å². The highest BCUT2D eigenvalue weighted by atomic mass is 16.4. The van der Waals surface area contributed by atoms with Crippen LogP contribution in [0, 0.1) is 13.8 Å². The van der Waals surface area contributed by atoms with Gasteiger partial charge in [0.15, 0.2) is 11.3 Å². The van der Waals surface area contributed by atoms with Gasteiger partial charge in [0.05, 0.1) is 0 Å². The minimum atomic E-state index is 0.496. The number of oxazole rings is 1. The number of nitrogens with one attached hydrogen (secondary N) is 2. The summed E-state index contributed by atoms with van der Waals surface area (Å²) in [6, 6.07) is 8.06. The van der Waals surface area contributed by atoms with E-state index in [0.717, 1.165) is 22.4 Å². The van der Waals surface area contributed by atoms with Crippen LogP contribution < -0.4 is 5.32 Å². The molecule has 22 heavy (non-hydrogen) atoms. The Kier molecular flexibility index (Phi) is 2.66. The van der Waals surface area contributed by atoms with Crippen LogP contribution >= 0.6 is 0 Å². The summed E-state index contributed by atoms with van der Waals surface area (Å²) in [4.78, 5) is 16.8. The van der Waals surface area contributed by atoms with Crippen LogP contribution in [0.1, 0.15) is 11.4 Å². The van der Waals surface area contributed by atoms with Crippen molar-refractivity contribution in [2.45, 2.75) is 13.8 Å². The van der Waals surface area contributed by atoms with E-state index in [1.165, 1.54) is 5.56 Å². The molecule has 0 amide bonds. The summed E-state index contributed by atoms with van der Waals surface area (Å²) in [7, 11) is 1.81. The van der Waals surface area contributed by atoms with Crippen molar-refractivity contribution < 1.29 is 4.42 Å². The van der Waals surface area contributed by atoms with E-state index < -0.39 is 0 Å². The van der Waals surface area contributed by atoms with E-state index >= 15 is 0 Å². The standard InChI is InChI=1S/C16H15N5O/c1-8-4-6-10(7-5-8)15-20-13-11-12(19-9(2)18-11)14(17-3)21-16(13)22-15/h4-7H,1-3H3,(H,17,21)(H,18,19). The number of aromatic amines is 1. The second-order valence-corrected chi connectivity index (χ2v) is 5.30. The first-order chi connectivity index (χ1) is 10.7. The number of imidazole rings is 1. The van der Waals surface area contributed by atoms with Crippen molar-refractivity contribution >= 4 is 28.1 Å². The third-order valence-electron chi connectivity index (χ3n) is 3.64. The predicted octanol–water partition coefficient (Wildman–Crippen LogP) is 3.42. The lowest BCUT2D eigenvalue weighted by atomic mass is 10.1. The summed E-state index contributed by atoms with van der Waals surface area (Å²) < 4.78 is 5.84. The van der Waals surface area contributed by atoms with Gasteiger partial charge in [-0.15, -0.1) is 0 Å². The third-order valence-corrected chi connectivity index (χ3v) is 3.64. The molecule has 0 aliphatic carbocycles. The minimum absolute atomic E-state index is 0.496. The molecule has 0 atom stereocenters. The van der Waals surface area contributed by atoms with Crippen LogP contribution in [0.5, 0.6) is 0 Å². The number of pyridine rings is 1. The lowest BCUT2D eigenvalue weighted by Gasteiger charge is -1.98. The molecule has 2 N–H and O–H groups in total. The molecule has 6 nitrogen and oxygen atoms in total. The average molecular weight is 293 g/mol. The van der Waals surface area contributed by atoms with Crippen molar-refractivity contribution in [1.29, 1.82) is 0 Å². The highest BCUT2D eigenvalue weighted by Crippen LogP contribution is 2.30. The maximum absolute atomic E-state index is 5.84. The quantitative estimate of drug-likeness (QED) is 0.592. The van der Waals surface area contributed by atoms with Gasteiger partial charge in [-0.25, -0.2) is 9.97 Å². The molecule has 0 bridgehead atoms. The van der Waals surface area contributed by atoms with Crippen LogP contribution in [0.25, 0.3) is 33.7 Å². The predicted molar refractivity (Wildman–Crippen MR) is 85.9 cm³/mol. The van der Waals surface area contributed by atoms with Crippen LogP contribution in [0.3, 0.4) is 0 Å². The number of nitrogens with zero attached hydrogens (tertiary/aromatic N) is 3. The Bertz CT molecular complexity index is 981. The van der Waals surface area contributed by atoms with E-state index in [1.54, 1.807) is 0 Å².